The second-order valence-electron chi connectivity index (χ2n) is 7.24. The molecule has 5 rings (SSSR count). The minimum Gasteiger partial charge on any atom is -0.504 e. The quantitative estimate of drug-likeness (QED) is 0.707. The average Bonchev–Trinajstić information content (AvgIpc) is 3.33. The van der Waals surface area contributed by atoms with Crippen molar-refractivity contribution in [1.82, 2.24) is 4.90 Å². The summed E-state index contributed by atoms with van der Waals surface area (Å²) in [4.78, 5) is 14.6. The molecule has 3 heterocycles. The van der Waals surface area contributed by atoms with Crippen molar-refractivity contribution in [3.63, 3.8) is 0 Å². The molecule has 1 amide bonds. The summed E-state index contributed by atoms with van der Waals surface area (Å²) in [5.41, 5.74) is 2.85. The van der Waals surface area contributed by atoms with Gasteiger partial charge in [-0.05, 0) is 42.0 Å². The molecule has 1 saturated heterocycles. The lowest BCUT2D eigenvalue weighted by molar-refractivity contribution is -0.141. The molecule has 0 aliphatic carbocycles. The van der Waals surface area contributed by atoms with Gasteiger partial charge < -0.3 is 19.5 Å². The molecule has 1 unspecified atom stereocenters. The maximum atomic E-state index is 12.8. The number of fused-ring (bicyclic) bond motifs is 2. The number of phenols is 1. The highest BCUT2D eigenvalue weighted by Crippen LogP contribution is 2.41. The van der Waals surface area contributed by atoms with Gasteiger partial charge >= 0.3 is 0 Å². The molecule has 3 aromatic rings. The zero-order valence-corrected chi connectivity index (χ0v) is 16.2. The molecule has 1 atom stereocenters. The lowest BCUT2D eigenvalue weighted by Crippen LogP contribution is -2.39. The van der Waals surface area contributed by atoms with E-state index in [1.807, 2.05) is 18.2 Å². The van der Waals surface area contributed by atoms with Crippen LogP contribution >= 0.6 is 11.3 Å². The number of carbonyl (C=O) groups is 1. The average molecular weight is 395 g/mol. The molecule has 28 heavy (non-hydrogen) atoms. The van der Waals surface area contributed by atoms with Gasteiger partial charge in [0.25, 0.3) is 5.91 Å². The van der Waals surface area contributed by atoms with E-state index in [0.29, 0.717) is 32.1 Å². The minimum atomic E-state index is -0.348. The monoisotopic (exact) mass is 395 g/mol. The highest BCUT2D eigenvalue weighted by molar-refractivity contribution is 7.17. The SMILES string of the molecule is O=C(C1CCCO1)N1CCOc2c(O)cc(-c3csc4ccccc34)cc2C1. The first-order chi connectivity index (χ1) is 13.7. The van der Waals surface area contributed by atoms with Crippen LogP contribution in [0.5, 0.6) is 11.5 Å². The van der Waals surface area contributed by atoms with Crippen LogP contribution in [-0.4, -0.2) is 41.8 Å². The summed E-state index contributed by atoms with van der Waals surface area (Å²) in [6, 6.07) is 12.0. The number of thiophene rings is 1. The number of amides is 1. The normalized spacial score (nSPS) is 19.3. The Labute approximate surface area is 167 Å². The van der Waals surface area contributed by atoms with Crippen LogP contribution in [0.2, 0.25) is 0 Å². The van der Waals surface area contributed by atoms with Gasteiger partial charge in [-0.3, -0.25) is 4.79 Å². The van der Waals surface area contributed by atoms with E-state index in [2.05, 4.69) is 17.5 Å². The highest BCUT2D eigenvalue weighted by atomic mass is 32.1. The van der Waals surface area contributed by atoms with Gasteiger partial charge in [-0.15, -0.1) is 11.3 Å². The van der Waals surface area contributed by atoms with Gasteiger partial charge in [0.2, 0.25) is 0 Å². The number of benzene rings is 2. The van der Waals surface area contributed by atoms with Crippen molar-refractivity contribution in [3.05, 3.63) is 47.3 Å². The number of aromatic hydroxyl groups is 1. The second kappa shape index (κ2) is 7.11. The van der Waals surface area contributed by atoms with E-state index in [1.165, 1.54) is 4.70 Å². The standard InChI is InChI=1S/C22H21NO4S/c24-18-11-14(17-13-28-20-6-2-1-4-16(17)20)10-15-12-23(7-9-27-21(15)18)22(25)19-5-3-8-26-19/h1-2,4,6,10-11,13,19,24H,3,5,7-9,12H2. The van der Waals surface area contributed by atoms with Gasteiger partial charge in [0, 0.05) is 34.4 Å². The van der Waals surface area contributed by atoms with Crippen LogP contribution in [0.25, 0.3) is 21.2 Å². The van der Waals surface area contributed by atoms with Crippen molar-refractivity contribution in [1.29, 1.82) is 0 Å². The lowest BCUT2D eigenvalue weighted by atomic mass is 10.0. The zero-order valence-electron chi connectivity index (χ0n) is 15.4. The summed E-state index contributed by atoms with van der Waals surface area (Å²) in [6.45, 7) is 1.91. The van der Waals surface area contributed by atoms with E-state index >= 15 is 0 Å². The van der Waals surface area contributed by atoms with Gasteiger partial charge in [-0.25, -0.2) is 0 Å². The summed E-state index contributed by atoms with van der Waals surface area (Å²) >= 11 is 1.68. The Morgan fingerprint density at radius 1 is 1.21 bits per heavy atom. The van der Waals surface area contributed by atoms with Crippen LogP contribution in [0.4, 0.5) is 0 Å². The Morgan fingerprint density at radius 3 is 2.96 bits per heavy atom. The van der Waals surface area contributed by atoms with Crippen LogP contribution in [0.3, 0.4) is 0 Å². The van der Waals surface area contributed by atoms with E-state index in [1.54, 1.807) is 22.3 Å². The fourth-order valence-electron chi connectivity index (χ4n) is 4.02. The van der Waals surface area contributed by atoms with Crippen molar-refractivity contribution in [2.24, 2.45) is 0 Å². The molecule has 0 spiro atoms. The Balaban J connectivity index is 1.52. The number of hydrogen-bond donors (Lipinski definition) is 1. The van der Waals surface area contributed by atoms with Crippen molar-refractivity contribution in [3.8, 4) is 22.6 Å². The van der Waals surface area contributed by atoms with E-state index in [4.69, 9.17) is 9.47 Å². The van der Waals surface area contributed by atoms with Crippen molar-refractivity contribution >= 4 is 27.3 Å². The summed E-state index contributed by atoms with van der Waals surface area (Å²) in [5.74, 6) is 0.611. The van der Waals surface area contributed by atoms with Gasteiger partial charge in [0.15, 0.2) is 11.5 Å². The predicted octanol–water partition coefficient (Wildman–Crippen LogP) is 4.17. The molecule has 1 aromatic heterocycles. The number of hydrogen-bond acceptors (Lipinski definition) is 5. The Bertz CT molecular complexity index is 1040. The number of phenolic OH excluding ortho intramolecular Hbond substituents is 1. The van der Waals surface area contributed by atoms with E-state index in [-0.39, 0.29) is 17.8 Å². The van der Waals surface area contributed by atoms with Gasteiger partial charge in [0.05, 0.1) is 6.54 Å². The molecule has 5 nitrogen and oxygen atoms in total. The number of nitrogens with zero attached hydrogens (tertiary/aromatic N) is 1. The summed E-state index contributed by atoms with van der Waals surface area (Å²) in [7, 11) is 0. The van der Waals surface area contributed by atoms with E-state index in [0.717, 1.165) is 34.9 Å². The highest BCUT2D eigenvalue weighted by Gasteiger charge is 2.30. The van der Waals surface area contributed by atoms with Crippen LogP contribution in [0, 0.1) is 0 Å². The van der Waals surface area contributed by atoms with Crippen molar-refractivity contribution in [2.75, 3.05) is 19.8 Å². The Morgan fingerprint density at radius 2 is 2.11 bits per heavy atom. The third-order valence-corrected chi connectivity index (χ3v) is 6.39. The first-order valence-corrected chi connectivity index (χ1v) is 10.4. The number of rotatable bonds is 2. The molecule has 2 aliphatic heterocycles. The molecule has 2 aliphatic rings. The van der Waals surface area contributed by atoms with Gasteiger partial charge in [-0.1, -0.05) is 18.2 Å². The van der Waals surface area contributed by atoms with E-state index in [9.17, 15) is 9.90 Å². The molecule has 1 N–H and O–H groups in total. The minimum absolute atomic E-state index is 0.0137. The van der Waals surface area contributed by atoms with Crippen molar-refractivity contribution in [2.45, 2.75) is 25.5 Å². The van der Waals surface area contributed by atoms with Gasteiger partial charge in [-0.2, -0.15) is 0 Å². The Hall–Kier alpha value is -2.57. The van der Waals surface area contributed by atoms with Crippen LogP contribution in [0.15, 0.2) is 41.8 Å². The van der Waals surface area contributed by atoms with Gasteiger partial charge in [0.1, 0.15) is 12.7 Å². The molecular formula is C22H21NO4S. The zero-order chi connectivity index (χ0) is 19.1. The maximum absolute atomic E-state index is 12.8. The number of ether oxygens (including phenoxy) is 2. The first kappa shape index (κ1) is 17.5. The maximum Gasteiger partial charge on any atom is 0.252 e. The summed E-state index contributed by atoms with van der Waals surface area (Å²) in [6.07, 6.45) is 1.35. The second-order valence-corrected chi connectivity index (χ2v) is 8.15. The molecule has 0 radical (unpaired) electrons. The fourth-order valence-corrected chi connectivity index (χ4v) is 4.99. The molecular weight excluding hydrogens is 374 g/mol. The largest absolute Gasteiger partial charge is 0.504 e. The molecule has 6 heteroatoms. The van der Waals surface area contributed by atoms with Crippen LogP contribution < -0.4 is 4.74 Å². The molecule has 144 valence electrons. The third kappa shape index (κ3) is 3.02. The van der Waals surface area contributed by atoms with E-state index < -0.39 is 0 Å². The Kier molecular flexibility index (Phi) is 4.45. The van der Waals surface area contributed by atoms with Crippen molar-refractivity contribution < 1.29 is 19.4 Å². The molecule has 1 fully saturated rings. The summed E-state index contributed by atoms with van der Waals surface area (Å²) < 4.78 is 12.6. The molecule has 0 saturated carbocycles. The fraction of sp³-hybridized carbons (Fsp3) is 0.318. The first-order valence-electron chi connectivity index (χ1n) is 9.56. The topological polar surface area (TPSA) is 59.0 Å². The molecule has 0 bridgehead atoms. The van der Waals surface area contributed by atoms with Crippen LogP contribution in [-0.2, 0) is 16.1 Å². The van der Waals surface area contributed by atoms with Crippen LogP contribution in [0.1, 0.15) is 18.4 Å². The predicted molar refractivity (Wildman–Crippen MR) is 109 cm³/mol. The smallest absolute Gasteiger partial charge is 0.252 e. The molecule has 2 aromatic carbocycles. The number of carbonyl (C=O) groups excluding carboxylic acids is 1. The third-order valence-electron chi connectivity index (χ3n) is 5.42. The lowest BCUT2D eigenvalue weighted by Gasteiger charge is -2.23. The summed E-state index contributed by atoms with van der Waals surface area (Å²) in [5, 5.41) is 13.9.